The molecular weight excluding hydrogens is 258 g/mol. The molecule has 4 nitrogen and oxygen atoms in total. The van der Waals surface area contributed by atoms with Crippen LogP contribution in [0.25, 0.3) is 11.5 Å². The van der Waals surface area contributed by atoms with Gasteiger partial charge in [0, 0.05) is 18.6 Å². The van der Waals surface area contributed by atoms with Crippen LogP contribution in [0.3, 0.4) is 0 Å². The second-order valence-electron chi connectivity index (χ2n) is 3.26. The van der Waals surface area contributed by atoms with Crippen LogP contribution in [0, 0.1) is 0 Å². The molecule has 1 heterocycles. The number of anilines is 1. The summed E-state index contributed by atoms with van der Waals surface area (Å²) in [6, 6.07) is 8.24. The number of rotatable bonds is 2. The Morgan fingerprint density at radius 2 is 1.93 bits per heavy atom. The zero-order valence-electron chi connectivity index (χ0n) is 8.44. The highest BCUT2D eigenvalue weighted by Crippen LogP contribution is 2.27. The summed E-state index contributed by atoms with van der Waals surface area (Å²) in [5.41, 5.74) is 0.901. The quantitative estimate of drug-likeness (QED) is 0.839. The summed E-state index contributed by atoms with van der Waals surface area (Å²) in [4.78, 5) is 1.77. The van der Waals surface area contributed by atoms with E-state index in [-0.39, 0.29) is 0 Å². The Bertz CT molecular complexity index is 467. The summed E-state index contributed by atoms with van der Waals surface area (Å²) < 4.78 is 6.43. The van der Waals surface area contributed by atoms with Crippen LogP contribution < -0.4 is 4.90 Å². The van der Waals surface area contributed by atoms with Crippen LogP contribution in [-0.4, -0.2) is 24.3 Å². The first-order valence-corrected chi connectivity index (χ1v) is 5.23. The molecule has 0 aliphatic heterocycles. The monoisotopic (exact) mass is 267 g/mol. The third-order valence-electron chi connectivity index (χ3n) is 1.90. The Hall–Kier alpha value is -1.36. The van der Waals surface area contributed by atoms with Crippen molar-refractivity contribution in [2.75, 3.05) is 19.0 Å². The average molecular weight is 268 g/mol. The standard InChI is InChI=1S/C10H10BrN3O/c1-14(2)10-13-12-9(15-10)7-5-3-4-6-8(7)11/h3-6H,1-2H3. The van der Waals surface area contributed by atoms with Crippen molar-refractivity contribution in [1.29, 1.82) is 0 Å². The highest BCUT2D eigenvalue weighted by atomic mass is 79.9. The summed E-state index contributed by atoms with van der Waals surface area (Å²) in [5.74, 6) is 0.520. The number of nitrogens with zero attached hydrogens (tertiary/aromatic N) is 3. The van der Waals surface area contributed by atoms with Crippen LogP contribution in [0.15, 0.2) is 33.2 Å². The van der Waals surface area contributed by atoms with Crippen molar-refractivity contribution in [2.24, 2.45) is 0 Å². The van der Waals surface area contributed by atoms with Gasteiger partial charge in [0.1, 0.15) is 0 Å². The zero-order valence-corrected chi connectivity index (χ0v) is 10.0. The van der Waals surface area contributed by atoms with Crippen molar-refractivity contribution < 1.29 is 4.42 Å². The predicted molar refractivity (Wildman–Crippen MR) is 61.8 cm³/mol. The molecule has 0 atom stereocenters. The van der Waals surface area contributed by atoms with Crippen molar-refractivity contribution in [3.8, 4) is 11.5 Å². The van der Waals surface area contributed by atoms with E-state index in [4.69, 9.17) is 4.42 Å². The highest BCUT2D eigenvalue weighted by Gasteiger charge is 2.11. The smallest absolute Gasteiger partial charge is 0.317 e. The molecule has 0 aliphatic rings. The maximum atomic E-state index is 5.49. The Labute approximate surface area is 96.0 Å². The van der Waals surface area contributed by atoms with Gasteiger partial charge in [0.15, 0.2) is 0 Å². The van der Waals surface area contributed by atoms with E-state index >= 15 is 0 Å². The first-order chi connectivity index (χ1) is 7.18. The maximum Gasteiger partial charge on any atom is 0.317 e. The van der Waals surface area contributed by atoms with Gasteiger partial charge in [0.2, 0.25) is 0 Å². The van der Waals surface area contributed by atoms with Crippen LogP contribution in [0.5, 0.6) is 0 Å². The fourth-order valence-electron chi connectivity index (χ4n) is 1.14. The lowest BCUT2D eigenvalue weighted by Gasteiger charge is -2.03. The number of halogens is 1. The Morgan fingerprint density at radius 3 is 2.53 bits per heavy atom. The normalized spacial score (nSPS) is 10.3. The van der Waals surface area contributed by atoms with Gasteiger partial charge in [-0.25, -0.2) is 0 Å². The lowest BCUT2D eigenvalue weighted by molar-refractivity contribution is 0.566. The van der Waals surface area contributed by atoms with Crippen LogP contribution in [0.4, 0.5) is 6.01 Å². The van der Waals surface area contributed by atoms with Crippen molar-refractivity contribution in [1.82, 2.24) is 10.2 Å². The van der Waals surface area contributed by atoms with E-state index in [0.29, 0.717) is 11.9 Å². The summed E-state index contributed by atoms with van der Waals surface area (Å²) in [6.07, 6.45) is 0. The molecule has 2 aromatic rings. The summed E-state index contributed by atoms with van der Waals surface area (Å²) >= 11 is 3.44. The number of hydrogen-bond donors (Lipinski definition) is 0. The molecule has 0 saturated carbocycles. The topological polar surface area (TPSA) is 42.2 Å². The Balaban J connectivity index is 2.42. The summed E-state index contributed by atoms with van der Waals surface area (Å²) in [7, 11) is 3.72. The van der Waals surface area contributed by atoms with E-state index in [1.54, 1.807) is 4.90 Å². The highest BCUT2D eigenvalue weighted by molar-refractivity contribution is 9.10. The van der Waals surface area contributed by atoms with Gasteiger partial charge in [-0.15, -0.1) is 5.10 Å². The summed E-state index contributed by atoms with van der Waals surface area (Å²) in [5, 5.41) is 7.90. The molecule has 1 aromatic heterocycles. The maximum absolute atomic E-state index is 5.49. The van der Waals surface area contributed by atoms with Gasteiger partial charge < -0.3 is 9.32 Å². The minimum absolute atomic E-state index is 0.501. The minimum Gasteiger partial charge on any atom is -0.403 e. The molecule has 0 N–H and O–H groups in total. The molecule has 78 valence electrons. The van der Waals surface area contributed by atoms with E-state index in [1.165, 1.54) is 0 Å². The second kappa shape index (κ2) is 4.02. The number of hydrogen-bond acceptors (Lipinski definition) is 4. The van der Waals surface area contributed by atoms with Crippen molar-refractivity contribution in [3.63, 3.8) is 0 Å². The molecule has 0 radical (unpaired) electrons. The molecule has 15 heavy (non-hydrogen) atoms. The Kier molecular flexibility index (Phi) is 2.73. The third kappa shape index (κ3) is 2.02. The zero-order chi connectivity index (χ0) is 10.8. The molecule has 0 aliphatic carbocycles. The third-order valence-corrected chi connectivity index (χ3v) is 2.59. The fourth-order valence-corrected chi connectivity index (χ4v) is 1.59. The van der Waals surface area contributed by atoms with Crippen LogP contribution in [0.1, 0.15) is 0 Å². The van der Waals surface area contributed by atoms with Gasteiger partial charge in [-0.2, -0.15) is 0 Å². The largest absolute Gasteiger partial charge is 0.403 e. The first-order valence-electron chi connectivity index (χ1n) is 4.44. The van der Waals surface area contributed by atoms with Gasteiger partial charge in [-0.05, 0) is 28.1 Å². The van der Waals surface area contributed by atoms with Gasteiger partial charge >= 0.3 is 6.01 Å². The van der Waals surface area contributed by atoms with Gasteiger partial charge in [0.05, 0.1) is 5.56 Å². The number of benzene rings is 1. The predicted octanol–water partition coefficient (Wildman–Crippen LogP) is 2.57. The average Bonchev–Trinajstić information content (AvgIpc) is 2.67. The number of aromatic nitrogens is 2. The molecular formula is C10H10BrN3O. The molecule has 0 unspecified atom stereocenters. The van der Waals surface area contributed by atoms with E-state index < -0.39 is 0 Å². The van der Waals surface area contributed by atoms with Gasteiger partial charge in [-0.3, -0.25) is 0 Å². The molecule has 0 amide bonds. The van der Waals surface area contributed by atoms with E-state index in [1.807, 2.05) is 38.4 Å². The Morgan fingerprint density at radius 1 is 1.20 bits per heavy atom. The van der Waals surface area contributed by atoms with Crippen molar-refractivity contribution in [2.45, 2.75) is 0 Å². The molecule has 5 heteroatoms. The van der Waals surface area contributed by atoms with Crippen LogP contribution in [0.2, 0.25) is 0 Å². The van der Waals surface area contributed by atoms with Crippen molar-refractivity contribution >= 4 is 21.9 Å². The van der Waals surface area contributed by atoms with E-state index in [0.717, 1.165) is 10.0 Å². The molecule has 0 saturated heterocycles. The lowest BCUT2D eigenvalue weighted by Crippen LogP contribution is -2.08. The lowest BCUT2D eigenvalue weighted by atomic mass is 10.2. The van der Waals surface area contributed by atoms with Gasteiger partial charge in [0.25, 0.3) is 5.89 Å². The van der Waals surface area contributed by atoms with Crippen LogP contribution in [-0.2, 0) is 0 Å². The first kappa shape index (κ1) is 10.2. The van der Waals surface area contributed by atoms with Gasteiger partial charge in [-0.1, -0.05) is 17.2 Å². The summed E-state index contributed by atoms with van der Waals surface area (Å²) in [6.45, 7) is 0. The second-order valence-corrected chi connectivity index (χ2v) is 4.12. The van der Waals surface area contributed by atoms with Crippen LogP contribution >= 0.6 is 15.9 Å². The van der Waals surface area contributed by atoms with Crippen molar-refractivity contribution in [3.05, 3.63) is 28.7 Å². The molecule has 0 spiro atoms. The molecule has 2 rings (SSSR count). The molecule has 0 bridgehead atoms. The minimum atomic E-state index is 0.501. The SMILES string of the molecule is CN(C)c1nnc(-c2ccccc2Br)o1. The van der Waals surface area contributed by atoms with E-state index in [2.05, 4.69) is 26.1 Å². The fraction of sp³-hybridized carbons (Fsp3) is 0.200. The molecule has 0 fully saturated rings. The molecule has 1 aromatic carbocycles. The van der Waals surface area contributed by atoms with E-state index in [9.17, 15) is 0 Å².